The van der Waals surface area contributed by atoms with Gasteiger partial charge in [-0.2, -0.15) is 0 Å². The molecular formula is C9H13NO. The number of hydrogen-bond donors (Lipinski definition) is 1. The van der Waals surface area contributed by atoms with Crippen LogP contribution in [0.2, 0.25) is 0 Å². The minimum absolute atomic E-state index is 0.171. The average molecular weight is 151 g/mol. The summed E-state index contributed by atoms with van der Waals surface area (Å²) >= 11 is 0. The molecule has 0 spiro atoms. The molecule has 1 aliphatic carbocycles. The fourth-order valence-corrected chi connectivity index (χ4v) is 1.17. The molecule has 0 heterocycles. The maximum Gasteiger partial charge on any atom is 0.139 e. The highest BCUT2D eigenvalue weighted by molar-refractivity contribution is 5.84. The fourth-order valence-electron chi connectivity index (χ4n) is 1.17. The van der Waals surface area contributed by atoms with Crippen molar-refractivity contribution >= 4 is 5.78 Å². The van der Waals surface area contributed by atoms with Gasteiger partial charge in [0.15, 0.2) is 0 Å². The van der Waals surface area contributed by atoms with Crippen LogP contribution in [0.15, 0.2) is 23.9 Å². The first-order valence-electron chi connectivity index (χ1n) is 3.69. The van der Waals surface area contributed by atoms with E-state index in [-0.39, 0.29) is 11.2 Å². The summed E-state index contributed by atoms with van der Waals surface area (Å²) in [7, 11) is 0. The van der Waals surface area contributed by atoms with Gasteiger partial charge < -0.3 is 5.73 Å². The smallest absolute Gasteiger partial charge is 0.139 e. The molecule has 0 aromatic heterocycles. The van der Waals surface area contributed by atoms with Gasteiger partial charge in [-0.1, -0.05) is 12.2 Å². The molecule has 1 aliphatic rings. The molecule has 2 heteroatoms. The SMILES string of the molecule is CC(=O)[C@@]1(C)C=CC=C(N)C1. The number of ketones is 1. The Bertz CT molecular complexity index is 240. The minimum Gasteiger partial charge on any atom is -0.402 e. The molecule has 0 bridgehead atoms. The Morgan fingerprint density at radius 3 is 2.73 bits per heavy atom. The van der Waals surface area contributed by atoms with Gasteiger partial charge in [0.05, 0.1) is 0 Å². The van der Waals surface area contributed by atoms with E-state index in [9.17, 15) is 4.79 Å². The third kappa shape index (κ3) is 1.50. The molecule has 0 amide bonds. The molecule has 0 fully saturated rings. The van der Waals surface area contributed by atoms with Crippen LogP contribution < -0.4 is 5.73 Å². The predicted molar refractivity (Wildman–Crippen MR) is 44.8 cm³/mol. The third-order valence-corrected chi connectivity index (χ3v) is 2.15. The van der Waals surface area contributed by atoms with E-state index in [0.29, 0.717) is 6.42 Å². The number of carbonyl (C=O) groups excluding carboxylic acids is 1. The number of nitrogens with two attached hydrogens (primary N) is 1. The maximum atomic E-state index is 11.1. The van der Waals surface area contributed by atoms with Crippen LogP contribution in [-0.4, -0.2) is 5.78 Å². The molecule has 0 saturated carbocycles. The average Bonchev–Trinajstić information content (AvgIpc) is 1.86. The molecule has 0 aromatic carbocycles. The van der Waals surface area contributed by atoms with Crippen molar-refractivity contribution in [2.75, 3.05) is 0 Å². The van der Waals surface area contributed by atoms with E-state index >= 15 is 0 Å². The monoisotopic (exact) mass is 151 g/mol. The largest absolute Gasteiger partial charge is 0.402 e. The summed E-state index contributed by atoms with van der Waals surface area (Å²) in [6.07, 6.45) is 6.25. The Balaban J connectivity index is 2.86. The number of allylic oxidation sites excluding steroid dienone is 4. The van der Waals surface area contributed by atoms with Crippen LogP contribution in [0.1, 0.15) is 20.3 Å². The topological polar surface area (TPSA) is 43.1 Å². The van der Waals surface area contributed by atoms with Crippen molar-refractivity contribution in [3.63, 3.8) is 0 Å². The Hall–Kier alpha value is -1.05. The Labute approximate surface area is 66.8 Å². The third-order valence-electron chi connectivity index (χ3n) is 2.15. The van der Waals surface area contributed by atoms with Crippen molar-refractivity contribution in [3.8, 4) is 0 Å². The first-order valence-corrected chi connectivity index (χ1v) is 3.69. The number of hydrogen-bond acceptors (Lipinski definition) is 2. The van der Waals surface area contributed by atoms with Crippen LogP contribution in [0.5, 0.6) is 0 Å². The number of rotatable bonds is 1. The van der Waals surface area contributed by atoms with Gasteiger partial charge in [-0.25, -0.2) is 0 Å². The molecule has 0 unspecified atom stereocenters. The van der Waals surface area contributed by atoms with E-state index in [4.69, 9.17) is 5.73 Å². The first kappa shape index (κ1) is 8.05. The van der Waals surface area contributed by atoms with E-state index in [1.807, 2.05) is 25.2 Å². The summed E-state index contributed by atoms with van der Waals surface area (Å²) in [4.78, 5) is 11.1. The minimum atomic E-state index is -0.362. The van der Waals surface area contributed by atoms with E-state index in [2.05, 4.69) is 0 Å². The zero-order valence-electron chi connectivity index (χ0n) is 6.92. The lowest BCUT2D eigenvalue weighted by atomic mass is 9.79. The predicted octanol–water partition coefficient (Wildman–Crippen LogP) is 1.38. The van der Waals surface area contributed by atoms with Crippen LogP contribution in [0.25, 0.3) is 0 Å². The zero-order valence-corrected chi connectivity index (χ0v) is 6.92. The summed E-state index contributed by atoms with van der Waals surface area (Å²) in [5.74, 6) is 0.171. The zero-order chi connectivity index (χ0) is 8.48. The highest BCUT2D eigenvalue weighted by atomic mass is 16.1. The molecule has 11 heavy (non-hydrogen) atoms. The molecule has 2 nitrogen and oxygen atoms in total. The fraction of sp³-hybridized carbons (Fsp3) is 0.444. The van der Waals surface area contributed by atoms with E-state index in [1.54, 1.807) is 6.92 Å². The highest BCUT2D eigenvalue weighted by Gasteiger charge is 2.28. The second kappa shape index (κ2) is 2.53. The second-order valence-electron chi connectivity index (χ2n) is 3.25. The number of Topliss-reactive ketones (excluding diaryl/α,β-unsaturated/α-hetero) is 1. The summed E-state index contributed by atoms with van der Waals surface area (Å²) in [6.45, 7) is 3.51. The van der Waals surface area contributed by atoms with Crippen molar-refractivity contribution in [1.29, 1.82) is 0 Å². The lowest BCUT2D eigenvalue weighted by Crippen LogP contribution is -2.26. The van der Waals surface area contributed by atoms with Gasteiger partial charge in [0.1, 0.15) is 5.78 Å². The van der Waals surface area contributed by atoms with Crippen LogP contribution >= 0.6 is 0 Å². The molecule has 0 aromatic rings. The number of carbonyl (C=O) groups is 1. The summed E-state index contributed by atoms with van der Waals surface area (Å²) in [6, 6.07) is 0. The van der Waals surface area contributed by atoms with Crippen molar-refractivity contribution in [2.24, 2.45) is 11.1 Å². The van der Waals surface area contributed by atoms with E-state index in [1.165, 1.54) is 0 Å². The Kier molecular flexibility index (Phi) is 1.85. The lowest BCUT2D eigenvalue weighted by Gasteiger charge is -2.24. The van der Waals surface area contributed by atoms with E-state index < -0.39 is 0 Å². The van der Waals surface area contributed by atoms with Gasteiger partial charge in [-0.15, -0.1) is 0 Å². The molecule has 1 rings (SSSR count). The van der Waals surface area contributed by atoms with Crippen LogP contribution in [0.3, 0.4) is 0 Å². The normalized spacial score (nSPS) is 29.8. The molecule has 0 radical (unpaired) electrons. The van der Waals surface area contributed by atoms with Crippen molar-refractivity contribution in [2.45, 2.75) is 20.3 Å². The highest BCUT2D eigenvalue weighted by Crippen LogP contribution is 2.29. The maximum absolute atomic E-state index is 11.1. The van der Waals surface area contributed by atoms with Crippen molar-refractivity contribution in [1.82, 2.24) is 0 Å². The molecule has 60 valence electrons. The molecule has 0 saturated heterocycles. The second-order valence-corrected chi connectivity index (χ2v) is 3.25. The van der Waals surface area contributed by atoms with Gasteiger partial charge in [0, 0.05) is 17.5 Å². The van der Waals surface area contributed by atoms with Gasteiger partial charge in [0.25, 0.3) is 0 Å². The Morgan fingerprint density at radius 1 is 1.73 bits per heavy atom. The van der Waals surface area contributed by atoms with Gasteiger partial charge in [-0.05, 0) is 19.9 Å². The summed E-state index contributed by atoms with van der Waals surface area (Å²) in [5, 5.41) is 0. The van der Waals surface area contributed by atoms with Gasteiger partial charge in [0.2, 0.25) is 0 Å². The standard InChI is InChI=1S/C9H13NO/c1-7(11)9(2)5-3-4-8(10)6-9/h3-5H,6,10H2,1-2H3/t9-/m0/s1. The van der Waals surface area contributed by atoms with Gasteiger partial charge >= 0.3 is 0 Å². The Morgan fingerprint density at radius 2 is 2.36 bits per heavy atom. The summed E-state index contributed by atoms with van der Waals surface area (Å²) < 4.78 is 0. The quantitative estimate of drug-likeness (QED) is 0.615. The molecule has 2 N–H and O–H groups in total. The van der Waals surface area contributed by atoms with Crippen molar-refractivity contribution < 1.29 is 4.79 Å². The first-order chi connectivity index (χ1) is 5.04. The molecule has 1 atom stereocenters. The molecule has 0 aliphatic heterocycles. The lowest BCUT2D eigenvalue weighted by molar-refractivity contribution is -0.123. The van der Waals surface area contributed by atoms with Crippen LogP contribution in [0.4, 0.5) is 0 Å². The van der Waals surface area contributed by atoms with Gasteiger partial charge in [-0.3, -0.25) is 4.79 Å². The summed E-state index contributed by atoms with van der Waals surface area (Å²) in [5.41, 5.74) is 6.03. The van der Waals surface area contributed by atoms with Crippen molar-refractivity contribution in [3.05, 3.63) is 23.9 Å². The van der Waals surface area contributed by atoms with E-state index in [0.717, 1.165) is 5.70 Å². The van der Waals surface area contributed by atoms with Crippen LogP contribution in [0, 0.1) is 5.41 Å². The molecular weight excluding hydrogens is 138 g/mol. The van der Waals surface area contributed by atoms with Crippen LogP contribution in [-0.2, 0) is 4.79 Å².